The van der Waals surface area contributed by atoms with E-state index < -0.39 is 0 Å². The average Bonchev–Trinajstić information content (AvgIpc) is 3.62. The maximum absolute atomic E-state index is 4.71. The van der Waals surface area contributed by atoms with Gasteiger partial charge in [-0.1, -0.05) is 97.1 Å². The van der Waals surface area contributed by atoms with Crippen LogP contribution in [0.25, 0.3) is 77.5 Å². The third-order valence-corrected chi connectivity index (χ3v) is 8.63. The second-order valence-corrected chi connectivity index (χ2v) is 11.1. The maximum atomic E-state index is 4.71. The largest absolute Gasteiger partial charge is 0.309 e. The summed E-state index contributed by atoms with van der Waals surface area (Å²) in [5, 5.41) is 5.00. The Labute approximate surface area is 254 Å². The van der Waals surface area contributed by atoms with E-state index in [9.17, 15) is 0 Å². The standard InChI is InChI=1S/C40H26N4/c1-5-19-37-31(15-1)32-16-2-6-20-38(32)43(37)29-13-9-11-27(23-29)35-25-36(42-26-41-35)28-12-10-14-30(24-28)44-39-21-7-3-17-33(39)34-18-4-8-22-40(34)44/h1-26H. The van der Waals surface area contributed by atoms with Gasteiger partial charge in [0.15, 0.2) is 0 Å². The lowest BCUT2D eigenvalue weighted by molar-refractivity contribution is 1.15. The number of fused-ring (bicyclic) bond motifs is 6. The second kappa shape index (κ2) is 9.79. The van der Waals surface area contributed by atoms with Crippen molar-refractivity contribution in [2.75, 3.05) is 0 Å². The molecule has 9 aromatic rings. The molecule has 0 N–H and O–H groups in total. The van der Waals surface area contributed by atoms with Gasteiger partial charge in [-0.3, -0.25) is 0 Å². The van der Waals surface area contributed by atoms with E-state index in [-0.39, 0.29) is 0 Å². The van der Waals surface area contributed by atoms with E-state index in [1.807, 2.05) is 0 Å². The summed E-state index contributed by atoms with van der Waals surface area (Å²) in [7, 11) is 0. The molecule has 3 heterocycles. The lowest BCUT2D eigenvalue weighted by atomic mass is 10.1. The first kappa shape index (κ1) is 24.6. The van der Waals surface area contributed by atoms with Crippen LogP contribution >= 0.6 is 0 Å². The number of para-hydroxylation sites is 4. The van der Waals surface area contributed by atoms with Gasteiger partial charge in [-0.25, -0.2) is 9.97 Å². The van der Waals surface area contributed by atoms with Gasteiger partial charge in [-0.15, -0.1) is 0 Å². The Balaban J connectivity index is 1.15. The highest BCUT2D eigenvalue weighted by atomic mass is 15.0. The molecule has 0 aliphatic carbocycles. The van der Waals surface area contributed by atoms with Crippen molar-refractivity contribution in [3.05, 3.63) is 158 Å². The first-order valence-corrected chi connectivity index (χ1v) is 14.8. The molecule has 0 bridgehead atoms. The van der Waals surface area contributed by atoms with Gasteiger partial charge >= 0.3 is 0 Å². The average molecular weight is 563 g/mol. The van der Waals surface area contributed by atoms with Crippen LogP contribution in [0.4, 0.5) is 0 Å². The molecule has 9 rings (SSSR count). The number of hydrogen-bond acceptors (Lipinski definition) is 2. The fourth-order valence-corrected chi connectivity index (χ4v) is 6.68. The topological polar surface area (TPSA) is 35.6 Å². The van der Waals surface area contributed by atoms with E-state index in [1.165, 1.54) is 43.6 Å². The van der Waals surface area contributed by atoms with Gasteiger partial charge in [-0.05, 0) is 54.6 Å². The first-order chi connectivity index (χ1) is 21.8. The van der Waals surface area contributed by atoms with Gasteiger partial charge in [0.2, 0.25) is 0 Å². The van der Waals surface area contributed by atoms with Crippen molar-refractivity contribution in [1.82, 2.24) is 19.1 Å². The number of rotatable bonds is 4. The summed E-state index contributed by atoms with van der Waals surface area (Å²) in [6, 6.07) is 53.7. The summed E-state index contributed by atoms with van der Waals surface area (Å²) in [4.78, 5) is 9.42. The van der Waals surface area contributed by atoms with E-state index in [0.717, 1.165) is 33.9 Å². The summed E-state index contributed by atoms with van der Waals surface area (Å²) in [5.74, 6) is 0. The normalized spacial score (nSPS) is 11.6. The van der Waals surface area contributed by atoms with E-state index in [2.05, 4.69) is 161 Å². The minimum atomic E-state index is 0.889. The zero-order valence-corrected chi connectivity index (χ0v) is 23.8. The molecule has 44 heavy (non-hydrogen) atoms. The zero-order valence-electron chi connectivity index (χ0n) is 23.8. The van der Waals surface area contributed by atoms with Crippen molar-refractivity contribution in [3.8, 4) is 33.9 Å². The van der Waals surface area contributed by atoms with Crippen LogP contribution in [0.1, 0.15) is 0 Å². The quantitative estimate of drug-likeness (QED) is 0.214. The van der Waals surface area contributed by atoms with Crippen molar-refractivity contribution in [3.63, 3.8) is 0 Å². The Morgan fingerprint density at radius 3 is 1.09 bits per heavy atom. The molecular weight excluding hydrogens is 536 g/mol. The van der Waals surface area contributed by atoms with Crippen molar-refractivity contribution in [2.24, 2.45) is 0 Å². The SMILES string of the molecule is c1cc(-c2cc(-c3cccc(-n4c5ccccc5c5ccccc54)c3)ncn2)cc(-n2c3ccccc3c3ccccc32)c1. The molecule has 0 aliphatic heterocycles. The Kier molecular flexibility index (Phi) is 5.47. The predicted octanol–water partition coefficient (Wildman–Crippen LogP) is 10.0. The molecular formula is C40H26N4. The molecule has 6 aromatic carbocycles. The monoisotopic (exact) mass is 562 g/mol. The number of nitrogens with zero attached hydrogens (tertiary/aromatic N) is 4. The van der Waals surface area contributed by atoms with Crippen LogP contribution in [-0.4, -0.2) is 19.1 Å². The van der Waals surface area contributed by atoms with E-state index in [1.54, 1.807) is 6.33 Å². The Hall–Kier alpha value is -6.00. The number of aromatic nitrogens is 4. The Bertz CT molecular complexity index is 2240. The summed E-state index contributed by atoms with van der Waals surface area (Å²) < 4.78 is 4.68. The molecule has 0 saturated carbocycles. The molecule has 4 heteroatoms. The minimum absolute atomic E-state index is 0.889. The molecule has 0 atom stereocenters. The fourth-order valence-electron chi connectivity index (χ4n) is 6.68. The minimum Gasteiger partial charge on any atom is -0.309 e. The first-order valence-electron chi connectivity index (χ1n) is 14.8. The van der Waals surface area contributed by atoms with Crippen molar-refractivity contribution >= 4 is 43.6 Å². The van der Waals surface area contributed by atoms with Crippen LogP contribution in [0.15, 0.2) is 158 Å². The van der Waals surface area contributed by atoms with Crippen LogP contribution in [0.5, 0.6) is 0 Å². The summed E-state index contributed by atoms with van der Waals surface area (Å²) in [6.07, 6.45) is 1.67. The highest BCUT2D eigenvalue weighted by Crippen LogP contribution is 2.35. The number of hydrogen-bond donors (Lipinski definition) is 0. The lowest BCUT2D eigenvalue weighted by Crippen LogP contribution is -1.96. The van der Waals surface area contributed by atoms with E-state index in [0.29, 0.717) is 0 Å². The molecule has 0 saturated heterocycles. The summed E-state index contributed by atoms with van der Waals surface area (Å²) in [5.41, 5.74) is 10.8. The molecule has 0 unspecified atom stereocenters. The third kappa shape index (κ3) is 3.78. The highest BCUT2D eigenvalue weighted by molar-refractivity contribution is 6.10. The van der Waals surface area contributed by atoms with Crippen LogP contribution in [0.3, 0.4) is 0 Å². The third-order valence-electron chi connectivity index (χ3n) is 8.63. The van der Waals surface area contributed by atoms with Crippen LogP contribution in [-0.2, 0) is 0 Å². The van der Waals surface area contributed by atoms with Gasteiger partial charge in [0.05, 0.1) is 33.5 Å². The smallest absolute Gasteiger partial charge is 0.116 e. The lowest BCUT2D eigenvalue weighted by Gasteiger charge is -2.11. The Morgan fingerprint density at radius 1 is 0.341 bits per heavy atom. The van der Waals surface area contributed by atoms with E-state index >= 15 is 0 Å². The maximum Gasteiger partial charge on any atom is 0.116 e. The van der Waals surface area contributed by atoms with Crippen molar-refractivity contribution < 1.29 is 0 Å². The molecule has 0 spiro atoms. The molecule has 0 amide bonds. The van der Waals surface area contributed by atoms with Gasteiger partial charge in [-0.2, -0.15) is 0 Å². The van der Waals surface area contributed by atoms with Crippen molar-refractivity contribution in [1.29, 1.82) is 0 Å². The highest BCUT2D eigenvalue weighted by Gasteiger charge is 2.14. The van der Waals surface area contributed by atoms with Gasteiger partial charge < -0.3 is 9.13 Å². The van der Waals surface area contributed by atoms with E-state index in [4.69, 9.17) is 9.97 Å². The molecule has 0 fully saturated rings. The molecule has 0 radical (unpaired) electrons. The van der Waals surface area contributed by atoms with Crippen LogP contribution in [0.2, 0.25) is 0 Å². The van der Waals surface area contributed by atoms with Crippen molar-refractivity contribution in [2.45, 2.75) is 0 Å². The molecule has 0 aliphatic rings. The van der Waals surface area contributed by atoms with Gasteiger partial charge in [0, 0.05) is 44.0 Å². The zero-order chi connectivity index (χ0) is 29.0. The molecule has 3 aromatic heterocycles. The molecule has 206 valence electrons. The predicted molar refractivity (Wildman–Crippen MR) is 182 cm³/mol. The molecule has 4 nitrogen and oxygen atoms in total. The van der Waals surface area contributed by atoms with Gasteiger partial charge in [0.1, 0.15) is 6.33 Å². The summed E-state index contributed by atoms with van der Waals surface area (Å²) >= 11 is 0. The van der Waals surface area contributed by atoms with Crippen LogP contribution in [0, 0.1) is 0 Å². The van der Waals surface area contributed by atoms with Crippen LogP contribution < -0.4 is 0 Å². The summed E-state index contributed by atoms with van der Waals surface area (Å²) in [6.45, 7) is 0. The fraction of sp³-hybridized carbons (Fsp3) is 0. The van der Waals surface area contributed by atoms with Gasteiger partial charge in [0.25, 0.3) is 0 Å². The Morgan fingerprint density at radius 2 is 0.705 bits per heavy atom. The number of benzene rings is 6. The second-order valence-electron chi connectivity index (χ2n) is 11.1.